The third-order valence-corrected chi connectivity index (χ3v) is 4.83. The van der Waals surface area contributed by atoms with Crippen LogP contribution >= 0.6 is 23.1 Å². The number of thiazole rings is 1. The lowest BCUT2D eigenvalue weighted by Gasteiger charge is -2.14. The summed E-state index contributed by atoms with van der Waals surface area (Å²) in [4.78, 5) is 4.37. The second kappa shape index (κ2) is 6.37. The summed E-state index contributed by atoms with van der Waals surface area (Å²) < 4.78 is 40.2. The smallest absolute Gasteiger partial charge is 0.328 e. The molecule has 2 aromatic rings. The molecule has 2 nitrogen and oxygen atoms in total. The zero-order valence-electron chi connectivity index (χ0n) is 11.6. The quantitative estimate of drug-likeness (QED) is 0.895. The maximum absolute atomic E-state index is 13.2. The average molecular weight is 332 g/mol. The van der Waals surface area contributed by atoms with E-state index >= 15 is 0 Å². The molecule has 0 aliphatic rings. The van der Waals surface area contributed by atoms with E-state index in [2.05, 4.69) is 4.98 Å². The molecule has 0 saturated heterocycles. The molecule has 1 atom stereocenters. The van der Waals surface area contributed by atoms with Crippen LogP contribution in [-0.4, -0.2) is 11.0 Å². The number of alkyl halides is 3. The van der Waals surface area contributed by atoms with Gasteiger partial charge < -0.3 is 5.73 Å². The van der Waals surface area contributed by atoms with Crippen LogP contribution in [0.25, 0.3) is 0 Å². The number of hydrogen-bond acceptors (Lipinski definition) is 4. The summed E-state index contributed by atoms with van der Waals surface area (Å²) >= 11 is 2.39. The minimum Gasteiger partial charge on any atom is -0.328 e. The van der Waals surface area contributed by atoms with Gasteiger partial charge in [-0.25, -0.2) is 4.98 Å². The molecule has 7 heteroatoms. The number of aromatic nitrogens is 1. The van der Waals surface area contributed by atoms with Gasteiger partial charge in [0.05, 0.1) is 5.56 Å². The summed E-state index contributed by atoms with van der Waals surface area (Å²) in [5.74, 6) is 0. The van der Waals surface area contributed by atoms with Crippen molar-refractivity contribution in [3.63, 3.8) is 0 Å². The predicted molar refractivity (Wildman–Crippen MR) is 79.8 cm³/mol. The van der Waals surface area contributed by atoms with E-state index in [1.165, 1.54) is 23.5 Å². The van der Waals surface area contributed by atoms with Crippen molar-refractivity contribution in [1.29, 1.82) is 0 Å². The third kappa shape index (κ3) is 4.46. The number of halogens is 3. The second-order valence-corrected chi connectivity index (χ2v) is 7.01. The van der Waals surface area contributed by atoms with Gasteiger partial charge in [-0.15, -0.1) is 11.3 Å². The molecule has 21 heavy (non-hydrogen) atoms. The van der Waals surface area contributed by atoms with Gasteiger partial charge in [-0.2, -0.15) is 13.2 Å². The normalized spacial score (nSPS) is 13.4. The van der Waals surface area contributed by atoms with Gasteiger partial charge in [0.1, 0.15) is 0 Å². The maximum Gasteiger partial charge on any atom is 0.417 e. The summed E-state index contributed by atoms with van der Waals surface area (Å²) in [5.41, 5.74) is 6.43. The standard InChI is InChI=1S/C14H15F3N2S2/c1-8(18)5-10-3-4-12(11(6-10)14(15,16)17)21-13-19-9(2)7-20-13/h3-4,6-8H,5,18H2,1-2H3. The molecule has 0 spiro atoms. The van der Waals surface area contributed by atoms with Crippen LogP contribution in [-0.2, 0) is 12.6 Å². The van der Waals surface area contributed by atoms with Crippen LogP contribution in [0.2, 0.25) is 0 Å². The van der Waals surface area contributed by atoms with Crippen molar-refractivity contribution in [3.8, 4) is 0 Å². The molecule has 0 aliphatic carbocycles. The maximum atomic E-state index is 13.2. The van der Waals surface area contributed by atoms with E-state index in [1.54, 1.807) is 13.0 Å². The van der Waals surface area contributed by atoms with E-state index < -0.39 is 11.7 Å². The zero-order valence-corrected chi connectivity index (χ0v) is 13.2. The molecular weight excluding hydrogens is 317 g/mol. The van der Waals surface area contributed by atoms with Crippen molar-refractivity contribution < 1.29 is 13.2 Å². The average Bonchev–Trinajstić information content (AvgIpc) is 2.75. The Hall–Kier alpha value is -1.05. The molecule has 1 aromatic heterocycles. The molecule has 0 saturated carbocycles. The Labute approximate surface area is 129 Å². The SMILES string of the molecule is Cc1csc(Sc2ccc(CC(C)N)cc2C(F)(F)F)n1. The van der Waals surface area contributed by atoms with E-state index in [9.17, 15) is 13.2 Å². The molecule has 0 amide bonds. The third-order valence-electron chi connectivity index (χ3n) is 2.70. The predicted octanol–water partition coefficient (Wildman–Crippen LogP) is 4.51. The zero-order chi connectivity index (χ0) is 15.6. The Morgan fingerprint density at radius 3 is 2.62 bits per heavy atom. The highest BCUT2D eigenvalue weighted by atomic mass is 32.2. The summed E-state index contributed by atoms with van der Waals surface area (Å²) in [5, 5.41) is 1.82. The Morgan fingerprint density at radius 2 is 2.10 bits per heavy atom. The van der Waals surface area contributed by atoms with Crippen LogP contribution in [0.5, 0.6) is 0 Å². The molecule has 1 heterocycles. The Morgan fingerprint density at radius 1 is 1.38 bits per heavy atom. The Bertz CT molecular complexity index is 621. The molecule has 0 radical (unpaired) electrons. The van der Waals surface area contributed by atoms with E-state index in [0.717, 1.165) is 17.5 Å². The van der Waals surface area contributed by atoms with E-state index in [1.807, 2.05) is 12.3 Å². The lowest BCUT2D eigenvalue weighted by atomic mass is 10.0. The largest absolute Gasteiger partial charge is 0.417 e. The number of rotatable bonds is 4. The first-order valence-corrected chi connectivity index (χ1v) is 8.01. The van der Waals surface area contributed by atoms with Crippen LogP contribution < -0.4 is 5.73 Å². The first-order valence-electron chi connectivity index (χ1n) is 6.31. The van der Waals surface area contributed by atoms with Crippen LogP contribution in [0.1, 0.15) is 23.7 Å². The van der Waals surface area contributed by atoms with E-state index in [0.29, 0.717) is 16.3 Å². The molecule has 0 aliphatic heterocycles. The van der Waals surface area contributed by atoms with Gasteiger partial charge in [-0.1, -0.05) is 17.8 Å². The highest BCUT2D eigenvalue weighted by Gasteiger charge is 2.34. The first kappa shape index (κ1) is 16.3. The summed E-state index contributed by atoms with van der Waals surface area (Å²) in [6.45, 7) is 3.59. The van der Waals surface area contributed by atoms with Crippen molar-refractivity contribution in [2.24, 2.45) is 5.73 Å². The monoisotopic (exact) mass is 332 g/mol. The van der Waals surface area contributed by atoms with Crippen LogP contribution in [0, 0.1) is 6.92 Å². The number of benzene rings is 1. The van der Waals surface area contributed by atoms with Gasteiger partial charge in [0, 0.05) is 22.0 Å². The van der Waals surface area contributed by atoms with Gasteiger partial charge in [-0.3, -0.25) is 0 Å². The molecule has 2 rings (SSSR count). The van der Waals surface area contributed by atoms with Crippen LogP contribution in [0.3, 0.4) is 0 Å². The molecule has 0 fully saturated rings. The van der Waals surface area contributed by atoms with E-state index in [4.69, 9.17) is 5.73 Å². The fraction of sp³-hybridized carbons (Fsp3) is 0.357. The molecule has 1 aromatic carbocycles. The Balaban J connectivity index is 2.35. The van der Waals surface area contributed by atoms with Crippen molar-refractivity contribution in [3.05, 3.63) is 40.4 Å². The summed E-state index contributed by atoms with van der Waals surface area (Å²) in [6, 6.07) is 4.21. The van der Waals surface area contributed by atoms with Gasteiger partial charge in [0.15, 0.2) is 4.34 Å². The molecule has 2 N–H and O–H groups in total. The van der Waals surface area contributed by atoms with E-state index in [-0.39, 0.29) is 10.9 Å². The fourth-order valence-electron chi connectivity index (χ4n) is 1.86. The molecular formula is C14H15F3N2S2. The summed E-state index contributed by atoms with van der Waals surface area (Å²) in [7, 11) is 0. The molecule has 0 bridgehead atoms. The number of nitrogens with zero attached hydrogens (tertiary/aromatic N) is 1. The number of nitrogens with two attached hydrogens (primary N) is 1. The van der Waals surface area contributed by atoms with Crippen molar-refractivity contribution >= 4 is 23.1 Å². The number of aryl methyl sites for hydroxylation is 1. The van der Waals surface area contributed by atoms with Crippen molar-refractivity contribution in [1.82, 2.24) is 4.98 Å². The van der Waals surface area contributed by atoms with Gasteiger partial charge in [0.2, 0.25) is 0 Å². The van der Waals surface area contributed by atoms with Crippen LogP contribution in [0.4, 0.5) is 13.2 Å². The van der Waals surface area contributed by atoms with Gasteiger partial charge in [-0.05, 0) is 38.0 Å². The van der Waals surface area contributed by atoms with Gasteiger partial charge >= 0.3 is 6.18 Å². The van der Waals surface area contributed by atoms with Crippen LogP contribution in [0.15, 0.2) is 32.8 Å². The summed E-state index contributed by atoms with van der Waals surface area (Å²) in [6.07, 6.45) is -3.97. The molecule has 114 valence electrons. The lowest BCUT2D eigenvalue weighted by Crippen LogP contribution is -2.18. The minimum atomic E-state index is -4.39. The van der Waals surface area contributed by atoms with Crippen molar-refractivity contribution in [2.75, 3.05) is 0 Å². The highest BCUT2D eigenvalue weighted by molar-refractivity contribution is 8.01. The number of hydrogen-bond donors (Lipinski definition) is 1. The van der Waals surface area contributed by atoms with Gasteiger partial charge in [0.25, 0.3) is 0 Å². The minimum absolute atomic E-state index is 0.172. The Kier molecular flexibility index (Phi) is 4.95. The molecule has 1 unspecified atom stereocenters. The fourth-order valence-corrected chi connectivity index (χ4v) is 3.79. The second-order valence-electron chi connectivity index (χ2n) is 4.87. The topological polar surface area (TPSA) is 38.9 Å². The first-order chi connectivity index (χ1) is 9.75. The highest BCUT2D eigenvalue weighted by Crippen LogP contribution is 2.40. The van der Waals surface area contributed by atoms with Crippen molar-refractivity contribution in [2.45, 2.75) is 41.7 Å². The lowest BCUT2D eigenvalue weighted by molar-refractivity contribution is -0.139.